The monoisotopic (exact) mass is 258 g/mol. The zero-order valence-electron chi connectivity index (χ0n) is 11.3. The fourth-order valence-electron chi connectivity index (χ4n) is 2.35. The van der Waals surface area contributed by atoms with Gasteiger partial charge in [0, 0.05) is 25.2 Å². The summed E-state index contributed by atoms with van der Waals surface area (Å²) in [5.74, 6) is 0. The van der Waals surface area contributed by atoms with Gasteiger partial charge in [0.25, 0.3) is 0 Å². The van der Waals surface area contributed by atoms with Crippen LogP contribution in [0.5, 0.6) is 0 Å². The van der Waals surface area contributed by atoms with E-state index in [0.717, 1.165) is 6.42 Å². The summed E-state index contributed by atoms with van der Waals surface area (Å²) in [4.78, 5) is 0. The molecule has 2 aromatic carbocycles. The number of rotatable bonds is 6. The van der Waals surface area contributed by atoms with Gasteiger partial charge in [-0.1, -0.05) is 36.4 Å². The number of hydrogen-bond acceptors (Lipinski definition) is 3. The number of nitrogens with one attached hydrogen (secondary N) is 1. The Morgan fingerprint density at radius 3 is 2.58 bits per heavy atom. The maximum absolute atomic E-state index is 8.96. The molecule has 0 bridgehead atoms. The van der Waals surface area contributed by atoms with Crippen molar-refractivity contribution in [2.24, 2.45) is 5.73 Å². The van der Waals surface area contributed by atoms with Crippen LogP contribution in [0.2, 0.25) is 0 Å². The van der Waals surface area contributed by atoms with Crippen LogP contribution in [0.4, 0.5) is 0 Å². The minimum atomic E-state index is 0.131. The van der Waals surface area contributed by atoms with Crippen molar-refractivity contribution < 1.29 is 5.11 Å². The van der Waals surface area contributed by atoms with Crippen molar-refractivity contribution in [3.63, 3.8) is 0 Å². The molecule has 0 radical (unpaired) electrons. The summed E-state index contributed by atoms with van der Waals surface area (Å²) in [5, 5.41) is 14.9. The standard InChI is InChI=1S/C16H22N2O/c1-12(8-9-19)18-16(11-17)15-7-6-13-4-2-3-5-14(13)10-15/h2-7,10,12,16,18-19H,8-9,11,17H2,1H3. The molecular formula is C16H22N2O. The van der Waals surface area contributed by atoms with Gasteiger partial charge in [0.15, 0.2) is 0 Å². The zero-order valence-corrected chi connectivity index (χ0v) is 11.3. The lowest BCUT2D eigenvalue weighted by molar-refractivity contribution is 0.263. The molecule has 102 valence electrons. The van der Waals surface area contributed by atoms with Gasteiger partial charge in [-0.05, 0) is 35.7 Å². The van der Waals surface area contributed by atoms with Crippen LogP contribution in [0.3, 0.4) is 0 Å². The van der Waals surface area contributed by atoms with Crippen molar-refractivity contribution in [2.75, 3.05) is 13.2 Å². The molecule has 2 rings (SSSR count). The Bertz CT molecular complexity index is 527. The van der Waals surface area contributed by atoms with E-state index in [1.807, 2.05) is 12.1 Å². The Labute approximate surface area is 114 Å². The van der Waals surface area contributed by atoms with Crippen LogP contribution in [-0.2, 0) is 0 Å². The molecule has 0 spiro atoms. The molecule has 3 heteroatoms. The predicted molar refractivity (Wildman–Crippen MR) is 80.0 cm³/mol. The number of fused-ring (bicyclic) bond motifs is 1. The van der Waals surface area contributed by atoms with Gasteiger partial charge in [0.1, 0.15) is 0 Å². The van der Waals surface area contributed by atoms with Crippen LogP contribution in [0, 0.1) is 0 Å². The molecule has 0 amide bonds. The summed E-state index contributed by atoms with van der Waals surface area (Å²) in [6.45, 7) is 2.82. The highest BCUT2D eigenvalue weighted by Gasteiger charge is 2.12. The van der Waals surface area contributed by atoms with E-state index >= 15 is 0 Å². The van der Waals surface area contributed by atoms with Crippen molar-refractivity contribution >= 4 is 10.8 Å². The predicted octanol–water partition coefficient (Wildman–Crippen LogP) is 2.20. The minimum absolute atomic E-state index is 0.131. The van der Waals surface area contributed by atoms with Gasteiger partial charge < -0.3 is 16.2 Å². The molecule has 0 aliphatic rings. The summed E-state index contributed by atoms with van der Waals surface area (Å²) < 4.78 is 0. The van der Waals surface area contributed by atoms with Crippen molar-refractivity contribution in [1.82, 2.24) is 5.32 Å². The Morgan fingerprint density at radius 1 is 1.16 bits per heavy atom. The van der Waals surface area contributed by atoms with Crippen LogP contribution in [0.1, 0.15) is 24.9 Å². The van der Waals surface area contributed by atoms with Crippen LogP contribution < -0.4 is 11.1 Å². The first-order chi connectivity index (χ1) is 9.24. The lowest BCUT2D eigenvalue weighted by Gasteiger charge is -2.22. The summed E-state index contributed by atoms with van der Waals surface area (Å²) in [6.07, 6.45) is 0.740. The average Bonchev–Trinajstić information content (AvgIpc) is 2.44. The molecular weight excluding hydrogens is 236 g/mol. The summed E-state index contributed by atoms with van der Waals surface area (Å²) >= 11 is 0. The Kier molecular flexibility index (Phi) is 4.91. The summed E-state index contributed by atoms with van der Waals surface area (Å²) in [7, 11) is 0. The highest BCUT2D eigenvalue weighted by molar-refractivity contribution is 5.83. The molecule has 0 saturated carbocycles. The SMILES string of the molecule is CC(CCO)NC(CN)c1ccc2ccccc2c1. The molecule has 0 aliphatic heterocycles. The van der Waals surface area contributed by atoms with Gasteiger partial charge in [0.2, 0.25) is 0 Å². The highest BCUT2D eigenvalue weighted by Crippen LogP contribution is 2.20. The Morgan fingerprint density at radius 2 is 1.89 bits per heavy atom. The van der Waals surface area contributed by atoms with Gasteiger partial charge in [-0.2, -0.15) is 0 Å². The summed E-state index contributed by atoms with van der Waals surface area (Å²) in [5.41, 5.74) is 7.07. The highest BCUT2D eigenvalue weighted by atomic mass is 16.3. The number of aliphatic hydroxyl groups excluding tert-OH is 1. The van der Waals surface area contributed by atoms with E-state index in [9.17, 15) is 0 Å². The Hall–Kier alpha value is -1.42. The number of benzene rings is 2. The molecule has 0 aromatic heterocycles. The third-order valence-electron chi connectivity index (χ3n) is 3.46. The molecule has 4 N–H and O–H groups in total. The molecule has 0 heterocycles. The number of nitrogens with two attached hydrogens (primary N) is 1. The van der Waals surface area contributed by atoms with E-state index in [1.165, 1.54) is 16.3 Å². The lowest BCUT2D eigenvalue weighted by Crippen LogP contribution is -2.35. The van der Waals surface area contributed by atoms with Crippen molar-refractivity contribution in [3.05, 3.63) is 48.0 Å². The average molecular weight is 258 g/mol. The molecule has 0 aliphatic carbocycles. The molecule has 2 aromatic rings. The Balaban J connectivity index is 2.20. The first-order valence-corrected chi connectivity index (χ1v) is 6.80. The van der Waals surface area contributed by atoms with Crippen molar-refractivity contribution in [1.29, 1.82) is 0 Å². The third kappa shape index (κ3) is 3.53. The van der Waals surface area contributed by atoms with Gasteiger partial charge in [-0.3, -0.25) is 0 Å². The van der Waals surface area contributed by atoms with Crippen LogP contribution in [0.25, 0.3) is 10.8 Å². The zero-order chi connectivity index (χ0) is 13.7. The second-order valence-corrected chi connectivity index (χ2v) is 4.97. The van der Waals surface area contributed by atoms with Crippen LogP contribution >= 0.6 is 0 Å². The molecule has 19 heavy (non-hydrogen) atoms. The molecule has 3 nitrogen and oxygen atoms in total. The number of aliphatic hydroxyl groups is 1. The van der Waals surface area contributed by atoms with E-state index in [2.05, 4.69) is 42.6 Å². The van der Waals surface area contributed by atoms with Gasteiger partial charge in [-0.15, -0.1) is 0 Å². The van der Waals surface area contributed by atoms with E-state index in [4.69, 9.17) is 10.8 Å². The van der Waals surface area contributed by atoms with Crippen LogP contribution in [0.15, 0.2) is 42.5 Å². The quantitative estimate of drug-likeness (QED) is 0.744. The smallest absolute Gasteiger partial charge is 0.0446 e. The largest absolute Gasteiger partial charge is 0.396 e. The number of hydrogen-bond donors (Lipinski definition) is 3. The van der Waals surface area contributed by atoms with E-state index in [-0.39, 0.29) is 18.7 Å². The molecule has 2 unspecified atom stereocenters. The second-order valence-electron chi connectivity index (χ2n) is 4.97. The van der Waals surface area contributed by atoms with Gasteiger partial charge in [-0.25, -0.2) is 0 Å². The van der Waals surface area contributed by atoms with E-state index in [1.54, 1.807) is 0 Å². The minimum Gasteiger partial charge on any atom is -0.396 e. The maximum atomic E-state index is 8.96. The molecule has 0 saturated heterocycles. The topological polar surface area (TPSA) is 58.3 Å². The first-order valence-electron chi connectivity index (χ1n) is 6.80. The first kappa shape index (κ1) is 14.0. The molecule has 2 atom stereocenters. The van der Waals surface area contributed by atoms with Crippen molar-refractivity contribution in [3.8, 4) is 0 Å². The second kappa shape index (κ2) is 6.66. The van der Waals surface area contributed by atoms with Gasteiger partial charge in [0.05, 0.1) is 0 Å². The van der Waals surface area contributed by atoms with E-state index in [0.29, 0.717) is 6.54 Å². The maximum Gasteiger partial charge on any atom is 0.0446 e. The third-order valence-corrected chi connectivity index (χ3v) is 3.46. The normalized spacial score (nSPS) is 14.5. The van der Waals surface area contributed by atoms with Crippen LogP contribution in [-0.4, -0.2) is 24.3 Å². The summed E-state index contributed by atoms with van der Waals surface area (Å²) in [6, 6.07) is 15.1. The van der Waals surface area contributed by atoms with Gasteiger partial charge >= 0.3 is 0 Å². The lowest BCUT2D eigenvalue weighted by atomic mass is 10.0. The van der Waals surface area contributed by atoms with E-state index < -0.39 is 0 Å². The molecule has 0 fully saturated rings. The van der Waals surface area contributed by atoms with Crippen molar-refractivity contribution in [2.45, 2.75) is 25.4 Å². The fourth-order valence-corrected chi connectivity index (χ4v) is 2.35. The fraction of sp³-hybridized carbons (Fsp3) is 0.375.